The molecular formula is C18H21Cl2N3O2S. The highest BCUT2D eigenvalue weighted by Crippen LogP contribution is 2.27. The zero-order chi connectivity index (χ0) is 19.3. The topological polar surface area (TPSA) is 74.8 Å². The number of halogens is 2. The number of nitrogens with zero attached hydrogens (tertiary/aromatic N) is 1. The highest BCUT2D eigenvalue weighted by molar-refractivity contribution is 8.00. The summed E-state index contributed by atoms with van der Waals surface area (Å²) in [4.78, 5) is 31.3. The van der Waals surface area contributed by atoms with E-state index in [9.17, 15) is 9.59 Å². The molecule has 0 aliphatic heterocycles. The highest BCUT2D eigenvalue weighted by Gasteiger charge is 2.20. The SMILES string of the molecule is CCCc1cc(=O)[nH]c(S[C@H](C)C(=O)N[C@@H](C)c2ccc(Cl)cc2Cl)n1. The molecular weight excluding hydrogens is 393 g/mol. The van der Waals surface area contributed by atoms with Gasteiger partial charge in [0, 0.05) is 21.8 Å². The van der Waals surface area contributed by atoms with Crippen LogP contribution in [0.25, 0.3) is 0 Å². The molecule has 0 aliphatic rings. The number of thioether (sulfide) groups is 1. The fraction of sp³-hybridized carbons (Fsp3) is 0.389. The summed E-state index contributed by atoms with van der Waals surface area (Å²) < 4.78 is 0. The van der Waals surface area contributed by atoms with E-state index in [1.54, 1.807) is 25.1 Å². The van der Waals surface area contributed by atoms with Crippen molar-refractivity contribution < 1.29 is 4.79 Å². The van der Waals surface area contributed by atoms with Crippen molar-refractivity contribution in [3.63, 3.8) is 0 Å². The molecule has 2 atom stereocenters. The molecule has 8 heteroatoms. The molecule has 0 bridgehead atoms. The van der Waals surface area contributed by atoms with Crippen LogP contribution in [0.15, 0.2) is 34.2 Å². The first-order valence-corrected chi connectivity index (χ1v) is 9.96. The molecule has 2 rings (SSSR count). The minimum Gasteiger partial charge on any atom is -0.349 e. The maximum absolute atomic E-state index is 12.5. The Hall–Kier alpha value is -1.50. The van der Waals surface area contributed by atoms with E-state index in [1.807, 2.05) is 13.8 Å². The maximum Gasteiger partial charge on any atom is 0.251 e. The zero-order valence-corrected chi connectivity index (χ0v) is 17.1. The molecule has 5 nitrogen and oxygen atoms in total. The number of carbonyl (C=O) groups excluding carboxylic acids is 1. The second-order valence-corrected chi connectivity index (χ2v) is 8.12. The van der Waals surface area contributed by atoms with Crippen LogP contribution in [0, 0.1) is 0 Å². The predicted molar refractivity (Wildman–Crippen MR) is 107 cm³/mol. The molecule has 1 aromatic carbocycles. The van der Waals surface area contributed by atoms with Crippen molar-refractivity contribution in [3.8, 4) is 0 Å². The smallest absolute Gasteiger partial charge is 0.251 e. The summed E-state index contributed by atoms with van der Waals surface area (Å²) in [5, 5.41) is 3.99. The number of amides is 1. The van der Waals surface area contributed by atoms with Crippen LogP contribution in [0.1, 0.15) is 44.5 Å². The minimum absolute atomic E-state index is 0.169. The molecule has 1 heterocycles. The Bertz CT molecular complexity index is 841. The van der Waals surface area contributed by atoms with Crippen LogP contribution in [-0.4, -0.2) is 21.1 Å². The fourth-order valence-corrected chi connectivity index (χ4v) is 3.82. The standard InChI is InChI=1S/C18H21Cl2N3O2S/c1-4-5-13-9-16(24)23-18(22-13)26-11(3)17(25)21-10(2)14-7-6-12(19)8-15(14)20/h6-11H,4-5H2,1-3H3,(H,21,25)(H,22,23,24)/t10-,11+/m0/s1. The number of aromatic amines is 1. The van der Waals surface area contributed by atoms with Gasteiger partial charge in [0.25, 0.3) is 5.56 Å². The molecule has 2 N–H and O–H groups in total. The van der Waals surface area contributed by atoms with Gasteiger partial charge in [-0.1, -0.05) is 54.4 Å². The normalized spacial score (nSPS) is 13.3. The number of rotatable bonds is 7. The molecule has 140 valence electrons. The van der Waals surface area contributed by atoms with Gasteiger partial charge in [-0.15, -0.1) is 0 Å². The molecule has 0 aliphatic carbocycles. The first-order chi connectivity index (χ1) is 12.3. The number of aryl methyl sites for hydroxylation is 1. The van der Waals surface area contributed by atoms with Gasteiger partial charge in [0.15, 0.2) is 5.16 Å². The molecule has 1 amide bonds. The molecule has 2 aromatic rings. The lowest BCUT2D eigenvalue weighted by molar-refractivity contribution is -0.120. The van der Waals surface area contributed by atoms with E-state index < -0.39 is 5.25 Å². The highest BCUT2D eigenvalue weighted by atomic mass is 35.5. The van der Waals surface area contributed by atoms with Gasteiger partial charge in [-0.05, 0) is 38.0 Å². The van der Waals surface area contributed by atoms with E-state index in [0.717, 1.165) is 24.1 Å². The van der Waals surface area contributed by atoms with E-state index in [2.05, 4.69) is 15.3 Å². The Labute approximate surface area is 166 Å². The molecule has 0 saturated carbocycles. The number of hydrogen-bond acceptors (Lipinski definition) is 4. The Morgan fingerprint density at radius 1 is 1.31 bits per heavy atom. The van der Waals surface area contributed by atoms with Gasteiger partial charge in [0.2, 0.25) is 5.91 Å². The summed E-state index contributed by atoms with van der Waals surface area (Å²) in [6, 6.07) is 6.39. The molecule has 0 spiro atoms. The van der Waals surface area contributed by atoms with E-state index in [0.29, 0.717) is 15.2 Å². The van der Waals surface area contributed by atoms with Gasteiger partial charge in [0.1, 0.15) is 0 Å². The number of benzene rings is 1. The monoisotopic (exact) mass is 413 g/mol. The van der Waals surface area contributed by atoms with Crippen molar-refractivity contribution >= 4 is 40.9 Å². The number of hydrogen-bond donors (Lipinski definition) is 2. The van der Waals surface area contributed by atoms with Gasteiger partial charge in [-0.3, -0.25) is 9.59 Å². The summed E-state index contributed by atoms with van der Waals surface area (Å²) >= 11 is 13.3. The van der Waals surface area contributed by atoms with E-state index in [4.69, 9.17) is 23.2 Å². The van der Waals surface area contributed by atoms with Gasteiger partial charge < -0.3 is 10.3 Å². The Balaban J connectivity index is 2.04. The molecule has 0 radical (unpaired) electrons. The third-order valence-corrected chi connectivity index (χ3v) is 5.27. The second-order valence-electron chi connectivity index (χ2n) is 5.95. The van der Waals surface area contributed by atoms with Crippen molar-refractivity contribution in [3.05, 3.63) is 55.9 Å². The largest absolute Gasteiger partial charge is 0.349 e. The van der Waals surface area contributed by atoms with Crippen molar-refractivity contribution in [1.29, 1.82) is 0 Å². The Morgan fingerprint density at radius 2 is 2.04 bits per heavy atom. The predicted octanol–water partition coefficient (Wildman–Crippen LogP) is 4.39. The third-order valence-electron chi connectivity index (χ3n) is 3.72. The molecule has 26 heavy (non-hydrogen) atoms. The van der Waals surface area contributed by atoms with Gasteiger partial charge in [-0.25, -0.2) is 4.98 Å². The quantitative estimate of drug-likeness (QED) is 0.521. The zero-order valence-electron chi connectivity index (χ0n) is 14.8. The number of aromatic nitrogens is 2. The summed E-state index contributed by atoms with van der Waals surface area (Å²) in [6.45, 7) is 5.64. The second kappa shape index (κ2) is 9.44. The van der Waals surface area contributed by atoms with Crippen molar-refractivity contribution in [2.75, 3.05) is 0 Å². The minimum atomic E-state index is -0.427. The lowest BCUT2D eigenvalue weighted by Crippen LogP contribution is -2.33. The van der Waals surface area contributed by atoms with E-state index >= 15 is 0 Å². The van der Waals surface area contributed by atoms with Crippen LogP contribution in [-0.2, 0) is 11.2 Å². The Morgan fingerprint density at radius 3 is 2.69 bits per heavy atom. The van der Waals surface area contributed by atoms with Crippen LogP contribution in [0.5, 0.6) is 0 Å². The average molecular weight is 414 g/mol. The molecule has 1 aromatic heterocycles. The van der Waals surface area contributed by atoms with Crippen LogP contribution >= 0.6 is 35.0 Å². The summed E-state index contributed by atoms with van der Waals surface area (Å²) in [6.07, 6.45) is 1.63. The molecule has 0 fully saturated rings. The lowest BCUT2D eigenvalue weighted by Gasteiger charge is -2.18. The van der Waals surface area contributed by atoms with Crippen LogP contribution < -0.4 is 10.9 Å². The van der Waals surface area contributed by atoms with E-state index in [1.165, 1.54) is 17.8 Å². The first kappa shape index (κ1) is 20.8. The van der Waals surface area contributed by atoms with Crippen LogP contribution in [0.4, 0.5) is 0 Å². The van der Waals surface area contributed by atoms with Crippen molar-refractivity contribution in [2.45, 2.75) is 50.1 Å². The van der Waals surface area contributed by atoms with Crippen molar-refractivity contribution in [1.82, 2.24) is 15.3 Å². The lowest BCUT2D eigenvalue weighted by atomic mass is 10.1. The molecule has 0 saturated heterocycles. The maximum atomic E-state index is 12.5. The van der Waals surface area contributed by atoms with Gasteiger partial charge >= 0.3 is 0 Å². The van der Waals surface area contributed by atoms with Gasteiger partial charge in [-0.2, -0.15) is 0 Å². The van der Waals surface area contributed by atoms with Crippen LogP contribution in [0.3, 0.4) is 0 Å². The van der Waals surface area contributed by atoms with Gasteiger partial charge in [0.05, 0.1) is 11.3 Å². The number of carbonyl (C=O) groups is 1. The Kier molecular flexibility index (Phi) is 7.55. The van der Waals surface area contributed by atoms with Crippen LogP contribution in [0.2, 0.25) is 10.0 Å². The number of nitrogens with one attached hydrogen (secondary N) is 2. The fourth-order valence-electron chi connectivity index (χ4n) is 2.41. The summed E-state index contributed by atoms with van der Waals surface area (Å²) in [5.41, 5.74) is 1.31. The van der Waals surface area contributed by atoms with E-state index in [-0.39, 0.29) is 17.5 Å². The third kappa shape index (κ3) is 5.76. The number of H-pyrrole nitrogens is 1. The first-order valence-electron chi connectivity index (χ1n) is 8.32. The van der Waals surface area contributed by atoms with Crippen molar-refractivity contribution in [2.24, 2.45) is 0 Å². The molecule has 0 unspecified atom stereocenters. The summed E-state index contributed by atoms with van der Waals surface area (Å²) in [5.74, 6) is -0.169. The summed E-state index contributed by atoms with van der Waals surface area (Å²) in [7, 11) is 0. The average Bonchev–Trinajstić information content (AvgIpc) is 2.54.